The molecule has 2 N–H and O–H groups in total. The number of nitrogens with one attached hydrogen (secondary N) is 2. The summed E-state index contributed by atoms with van der Waals surface area (Å²) in [5.74, 6) is 1.32. The highest BCUT2D eigenvalue weighted by atomic mass is 16.1. The topological polar surface area (TPSA) is 61.0 Å². The van der Waals surface area contributed by atoms with Crippen LogP contribution in [0.1, 0.15) is 44.3 Å². The first kappa shape index (κ1) is 15.0. The van der Waals surface area contributed by atoms with E-state index in [2.05, 4.69) is 27.2 Å². The van der Waals surface area contributed by atoms with Crippen LogP contribution in [0.4, 0.5) is 5.82 Å². The van der Waals surface area contributed by atoms with Crippen molar-refractivity contribution < 1.29 is 0 Å². The Kier molecular flexibility index (Phi) is 5.59. The molecule has 0 amide bonds. The SMILES string of the molecule is Cc1nc(NCCCN(C)C2CCCCC2)cc(=O)[nH]1. The van der Waals surface area contributed by atoms with Crippen LogP contribution < -0.4 is 10.9 Å². The Morgan fingerprint density at radius 1 is 1.40 bits per heavy atom. The number of nitrogens with zero attached hydrogens (tertiary/aromatic N) is 2. The average Bonchev–Trinajstić information content (AvgIpc) is 2.43. The summed E-state index contributed by atoms with van der Waals surface area (Å²) in [5, 5.41) is 3.23. The van der Waals surface area contributed by atoms with Crippen molar-refractivity contribution in [3.63, 3.8) is 0 Å². The highest BCUT2D eigenvalue weighted by molar-refractivity contribution is 5.32. The molecular formula is C15H26N4O. The van der Waals surface area contributed by atoms with Crippen LogP contribution in [-0.2, 0) is 0 Å². The van der Waals surface area contributed by atoms with E-state index < -0.39 is 0 Å². The molecule has 112 valence electrons. The molecule has 1 aromatic heterocycles. The third-order valence-electron chi connectivity index (χ3n) is 4.05. The Balaban J connectivity index is 1.69. The van der Waals surface area contributed by atoms with Gasteiger partial charge in [-0.25, -0.2) is 4.98 Å². The van der Waals surface area contributed by atoms with Gasteiger partial charge in [-0.1, -0.05) is 19.3 Å². The summed E-state index contributed by atoms with van der Waals surface area (Å²) in [4.78, 5) is 20.7. The molecule has 20 heavy (non-hydrogen) atoms. The lowest BCUT2D eigenvalue weighted by molar-refractivity contribution is 0.191. The zero-order valence-corrected chi connectivity index (χ0v) is 12.6. The molecule has 0 unspecified atom stereocenters. The summed E-state index contributed by atoms with van der Waals surface area (Å²) in [5.41, 5.74) is -0.0978. The zero-order valence-electron chi connectivity index (χ0n) is 12.6. The molecule has 0 saturated heterocycles. The summed E-state index contributed by atoms with van der Waals surface area (Å²) >= 11 is 0. The fourth-order valence-electron chi connectivity index (χ4n) is 2.92. The van der Waals surface area contributed by atoms with Gasteiger partial charge in [-0.3, -0.25) is 4.79 Å². The summed E-state index contributed by atoms with van der Waals surface area (Å²) in [7, 11) is 2.23. The van der Waals surface area contributed by atoms with Crippen LogP contribution in [0.5, 0.6) is 0 Å². The molecule has 1 aliphatic rings. The zero-order chi connectivity index (χ0) is 14.4. The quantitative estimate of drug-likeness (QED) is 0.783. The number of hydrogen-bond donors (Lipinski definition) is 2. The molecule has 1 aliphatic carbocycles. The Labute approximate surface area is 120 Å². The predicted molar refractivity (Wildman–Crippen MR) is 82.2 cm³/mol. The third kappa shape index (κ3) is 4.63. The number of aryl methyl sites for hydroxylation is 1. The minimum absolute atomic E-state index is 0.0978. The van der Waals surface area contributed by atoms with Gasteiger partial charge in [0, 0.05) is 18.7 Å². The Bertz CT molecular complexity index is 465. The maximum Gasteiger partial charge on any atom is 0.252 e. The van der Waals surface area contributed by atoms with Crippen LogP contribution in [0.2, 0.25) is 0 Å². The van der Waals surface area contributed by atoms with E-state index in [0.717, 1.165) is 25.6 Å². The number of aromatic nitrogens is 2. The Morgan fingerprint density at radius 3 is 2.85 bits per heavy atom. The third-order valence-corrected chi connectivity index (χ3v) is 4.05. The summed E-state index contributed by atoms with van der Waals surface area (Å²) in [6.07, 6.45) is 7.92. The second-order valence-corrected chi connectivity index (χ2v) is 5.77. The van der Waals surface area contributed by atoms with Crippen molar-refractivity contribution in [1.82, 2.24) is 14.9 Å². The van der Waals surface area contributed by atoms with Crippen molar-refractivity contribution in [3.8, 4) is 0 Å². The molecule has 2 rings (SSSR count). The lowest BCUT2D eigenvalue weighted by atomic mass is 9.94. The van der Waals surface area contributed by atoms with E-state index in [1.807, 2.05) is 0 Å². The highest BCUT2D eigenvalue weighted by Crippen LogP contribution is 2.21. The lowest BCUT2D eigenvalue weighted by Gasteiger charge is -2.31. The van der Waals surface area contributed by atoms with E-state index in [0.29, 0.717) is 11.6 Å². The van der Waals surface area contributed by atoms with Crippen LogP contribution in [0.3, 0.4) is 0 Å². The van der Waals surface area contributed by atoms with Crippen LogP contribution in [0, 0.1) is 6.92 Å². The highest BCUT2D eigenvalue weighted by Gasteiger charge is 2.17. The number of aromatic amines is 1. The van der Waals surface area contributed by atoms with E-state index >= 15 is 0 Å². The van der Waals surface area contributed by atoms with Gasteiger partial charge in [0.2, 0.25) is 0 Å². The lowest BCUT2D eigenvalue weighted by Crippen LogP contribution is -2.34. The maximum atomic E-state index is 11.3. The summed E-state index contributed by atoms with van der Waals surface area (Å²) < 4.78 is 0. The molecule has 0 aliphatic heterocycles. The Hall–Kier alpha value is -1.36. The first-order valence-corrected chi connectivity index (χ1v) is 7.67. The van der Waals surface area contributed by atoms with Gasteiger partial charge < -0.3 is 15.2 Å². The smallest absolute Gasteiger partial charge is 0.252 e. The number of H-pyrrole nitrogens is 1. The van der Waals surface area contributed by atoms with E-state index in [1.54, 1.807) is 6.92 Å². The van der Waals surface area contributed by atoms with Gasteiger partial charge in [0.25, 0.3) is 5.56 Å². The standard InChI is InChI=1S/C15H26N4O/c1-12-17-14(11-15(20)18-12)16-9-6-10-19(2)13-7-4-3-5-8-13/h11,13H,3-10H2,1-2H3,(H2,16,17,18,20). The van der Waals surface area contributed by atoms with Gasteiger partial charge >= 0.3 is 0 Å². The van der Waals surface area contributed by atoms with E-state index in [1.165, 1.54) is 38.2 Å². The van der Waals surface area contributed by atoms with Gasteiger partial charge in [0.05, 0.1) is 0 Å². The second kappa shape index (κ2) is 7.43. The number of rotatable bonds is 6. The minimum Gasteiger partial charge on any atom is -0.370 e. The first-order chi connectivity index (χ1) is 9.65. The van der Waals surface area contributed by atoms with Gasteiger partial charge in [-0.05, 0) is 39.8 Å². The van der Waals surface area contributed by atoms with Crippen LogP contribution in [0.15, 0.2) is 10.9 Å². The van der Waals surface area contributed by atoms with Crippen molar-refractivity contribution in [2.24, 2.45) is 0 Å². The molecule has 0 radical (unpaired) electrons. The maximum absolute atomic E-state index is 11.3. The fraction of sp³-hybridized carbons (Fsp3) is 0.733. The van der Waals surface area contributed by atoms with E-state index in [9.17, 15) is 4.79 Å². The van der Waals surface area contributed by atoms with Crippen molar-refractivity contribution in [2.45, 2.75) is 51.5 Å². The monoisotopic (exact) mass is 278 g/mol. The van der Waals surface area contributed by atoms with E-state index in [4.69, 9.17) is 0 Å². The molecule has 0 atom stereocenters. The normalized spacial score (nSPS) is 16.6. The molecular weight excluding hydrogens is 252 g/mol. The van der Waals surface area contributed by atoms with Crippen LogP contribution >= 0.6 is 0 Å². The summed E-state index contributed by atoms with van der Waals surface area (Å²) in [6, 6.07) is 2.28. The fourth-order valence-corrected chi connectivity index (χ4v) is 2.92. The van der Waals surface area contributed by atoms with Gasteiger partial charge in [-0.15, -0.1) is 0 Å². The van der Waals surface area contributed by atoms with Crippen molar-refractivity contribution in [3.05, 3.63) is 22.2 Å². The molecule has 1 saturated carbocycles. The molecule has 0 bridgehead atoms. The van der Waals surface area contributed by atoms with Crippen LogP contribution in [0.25, 0.3) is 0 Å². The van der Waals surface area contributed by atoms with Crippen molar-refractivity contribution >= 4 is 5.82 Å². The van der Waals surface area contributed by atoms with Gasteiger partial charge in [0.15, 0.2) is 0 Å². The molecule has 1 fully saturated rings. The molecule has 1 heterocycles. The largest absolute Gasteiger partial charge is 0.370 e. The molecule has 0 spiro atoms. The van der Waals surface area contributed by atoms with Crippen molar-refractivity contribution in [1.29, 1.82) is 0 Å². The molecule has 1 aromatic rings. The predicted octanol–water partition coefficient (Wildman–Crippen LogP) is 2.14. The summed E-state index contributed by atoms with van der Waals surface area (Å²) in [6.45, 7) is 3.75. The average molecular weight is 278 g/mol. The van der Waals surface area contributed by atoms with E-state index in [-0.39, 0.29) is 5.56 Å². The number of hydrogen-bond acceptors (Lipinski definition) is 4. The van der Waals surface area contributed by atoms with Gasteiger partial charge in [-0.2, -0.15) is 0 Å². The molecule has 5 nitrogen and oxygen atoms in total. The number of anilines is 1. The first-order valence-electron chi connectivity index (χ1n) is 7.67. The van der Waals surface area contributed by atoms with Crippen molar-refractivity contribution in [2.75, 3.05) is 25.5 Å². The van der Waals surface area contributed by atoms with Crippen LogP contribution in [-0.4, -0.2) is 41.0 Å². The van der Waals surface area contributed by atoms with Gasteiger partial charge in [0.1, 0.15) is 11.6 Å². The molecule has 0 aromatic carbocycles. The molecule has 5 heteroatoms. The Morgan fingerprint density at radius 2 is 2.15 bits per heavy atom. The minimum atomic E-state index is -0.0978. The second-order valence-electron chi connectivity index (χ2n) is 5.77.